The number of hydrogen-bond donors (Lipinski definition) is 1. The van der Waals surface area contributed by atoms with Crippen LogP contribution in [0.2, 0.25) is 0 Å². The Labute approximate surface area is 115 Å². The largest absolute Gasteiger partial charge is 0.339 e. The zero-order chi connectivity index (χ0) is 13.5. The van der Waals surface area contributed by atoms with Crippen molar-refractivity contribution in [3.8, 4) is 0 Å². The van der Waals surface area contributed by atoms with Gasteiger partial charge in [-0.05, 0) is 45.3 Å². The van der Waals surface area contributed by atoms with Crippen LogP contribution in [0.15, 0.2) is 4.52 Å². The lowest BCUT2D eigenvalue weighted by Crippen LogP contribution is -2.43. The monoisotopic (exact) mass is 266 g/mol. The Balaban J connectivity index is 1.94. The molecule has 0 bridgehead atoms. The first-order valence-electron chi connectivity index (χ1n) is 7.59. The Morgan fingerprint density at radius 1 is 1.26 bits per heavy atom. The molecule has 0 atom stereocenters. The summed E-state index contributed by atoms with van der Waals surface area (Å²) in [6.07, 6.45) is 5.55. The lowest BCUT2D eigenvalue weighted by Gasteiger charge is -2.33. The fraction of sp³-hybridized carbons (Fsp3) is 0.857. The van der Waals surface area contributed by atoms with Gasteiger partial charge in [-0.2, -0.15) is 4.98 Å². The molecule has 0 aromatic carbocycles. The number of piperidine rings is 1. The van der Waals surface area contributed by atoms with Crippen LogP contribution in [0.4, 0.5) is 0 Å². The van der Waals surface area contributed by atoms with Gasteiger partial charge in [0.15, 0.2) is 5.82 Å². The van der Waals surface area contributed by atoms with E-state index in [1.54, 1.807) is 0 Å². The molecule has 0 amide bonds. The summed E-state index contributed by atoms with van der Waals surface area (Å²) in [5, 5.41) is 7.53. The Hall–Kier alpha value is -0.940. The van der Waals surface area contributed by atoms with Crippen molar-refractivity contribution in [2.75, 3.05) is 19.6 Å². The number of rotatable bonds is 7. The van der Waals surface area contributed by atoms with E-state index < -0.39 is 0 Å². The molecule has 1 saturated heterocycles. The zero-order valence-corrected chi connectivity index (χ0v) is 12.2. The number of aromatic nitrogens is 2. The first kappa shape index (κ1) is 14.5. The lowest BCUT2D eigenvalue weighted by molar-refractivity contribution is 0.149. The molecule has 5 nitrogen and oxygen atoms in total. The van der Waals surface area contributed by atoms with Crippen LogP contribution >= 0.6 is 0 Å². The maximum atomic E-state index is 5.27. The molecule has 19 heavy (non-hydrogen) atoms. The maximum absolute atomic E-state index is 5.27. The molecule has 1 aliphatic heterocycles. The van der Waals surface area contributed by atoms with Crippen LogP contribution in [0.5, 0.6) is 0 Å². The summed E-state index contributed by atoms with van der Waals surface area (Å²) in [5.41, 5.74) is 0. The summed E-state index contributed by atoms with van der Waals surface area (Å²) in [7, 11) is 0. The minimum Gasteiger partial charge on any atom is -0.339 e. The van der Waals surface area contributed by atoms with Crippen molar-refractivity contribution in [2.24, 2.45) is 0 Å². The number of nitrogens with one attached hydrogen (secondary N) is 1. The van der Waals surface area contributed by atoms with Crippen molar-refractivity contribution in [1.82, 2.24) is 20.4 Å². The molecule has 1 aliphatic rings. The van der Waals surface area contributed by atoms with E-state index in [-0.39, 0.29) is 0 Å². The van der Waals surface area contributed by atoms with E-state index in [0.29, 0.717) is 6.04 Å². The molecule has 0 radical (unpaired) electrons. The molecule has 108 valence electrons. The van der Waals surface area contributed by atoms with Crippen molar-refractivity contribution in [3.05, 3.63) is 11.7 Å². The van der Waals surface area contributed by atoms with Gasteiger partial charge in [-0.3, -0.25) is 4.90 Å². The van der Waals surface area contributed by atoms with Crippen LogP contribution < -0.4 is 5.32 Å². The molecule has 1 aromatic rings. The minimum absolute atomic E-state index is 0.661. The number of hydrogen-bond acceptors (Lipinski definition) is 5. The van der Waals surface area contributed by atoms with Gasteiger partial charge in [-0.1, -0.05) is 19.0 Å². The highest BCUT2D eigenvalue weighted by molar-refractivity contribution is 4.88. The average Bonchev–Trinajstić information content (AvgIpc) is 2.87. The quantitative estimate of drug-likeness (QED) is 0.818. The molecule has 0 aliphatic carbocycles. The summed E-state index contributed by atoms with van der Waals surface area (Å²) < 4.78 is 5.27. The lowest BCUT2D eigenvalue weighted by atomic mass is 10.0. The molecule has 1 fully saturated rings. The highest BCUT2D eigenvalue weighted by Gasteiger charge is 2.22. The molecule has 5 heteroatoms. The zero-order valence-electron chi connectivity index (χ0n) is 12.2. The third kappa shape index (κ3) is 4.28. The summed E-state index contributed by atoms with van der Waals surface area (Å²) in [6.45, 7) is 8.54. The highest BCUT2D eigenvalue weighted by atomic mass is 16.5. The maximum Gasteiger partial charge on any atom is 0.226 e. The van der Waals surface area contributed by atoms with Crippen LogP contribution in [0.3, 0.4) is 0 Å². The van der Waals surface area contributed by atoms with Gasteiger partial charge in [0.05, 0.1) is 6.54 Å². The van der Waals surface area contributed by atoms with Crippen molar-refractivity contribution >= 4 is 0 Å². The second-order valence-corrected chi connectivity index (χ2v) is 5.31. The molecule has 0 spiro atoms. The van der Waals surface area contributed by atoms with Crippen LogP contribution in [-0.2, 0) is 13.0 Å². The predicted molar refractivity (Wildman–Crippen MR) is 74.9 cm³/mol. The molecule has 0 unspecified atom stereocenters. The highest BCUT2D eigenvalue weighted by Crippen LogP contribution is 2.15. The average molecular weight is 266 g/mol. The SMILES string of the molecule is CCCc1nc(CN(CCC)C2CCNCC2)no1. The summed E-state index contributed by atoms with van der Waals surface area (Å²) in [4.78, 5) is 7.00. The van der Waals surface area contributed by atoms with Gasteiger partial charge in [-0.25, -0.2) is 0 Å². The van der Waals surface area contributed by atoms with Gasteiger partial charge in [0.1, 0.15) is 0 Å². The van der Waals surface area contributed by atoms with Gasteiger partial charge in [-0.15, -0.1) is 0 Å². The fourth-order valence-corrected chi connectivity index (χ4v) is 2.70. The summed E-state index contributed by atoms with van der Waals surface area (Å²) >= 11 is 0. The second kappa shape index (κ2) is 7.60. The van der Waals surface area contributed by atoms with E-state index in [0.717, 1.165) is 50.7 Å². The Morgan fingerprint density at radius 3 is 2.74 bits per heavy atom. The molecule has 1 N–H and O–H groups in total. The first-order valence-corrected chi connectivity index (χ1v) is 7.59. The van der Waals surface area contributed by atoms with Gasteiger partial charge in [0.2, 0.25) is 5.89 Å². The third-order valence-electron chi connectivity index (χ3n) is 3.65. The normalized spacial score (nSPS) is 17.2. The van der Waals surface area contributed by atoms with Gasteiger partial charge >= 0.3 is 0 Å². The van der Waals surface area contributed by atoms with E-state index in [1.165, 1.54) is 19.3 Å². The minimum atomic E-state index is 0.661. The fourth-order valence-electron chi connectivity index (χ4n) is 2.70. The van der Waals surface area contributed by atoms with Crippen LogP contribution in [-0.4, -0.2) is 40.7 Å². The second-order valence-electron chi connectivity index (χ2n) is 5.31. The standard InChI is InChI=1S/C14H26N4O/c1-3-5-14-16-13(17-19-14)11-18(10-4-2)12-6-8-15-9-7-12/h12,15H,3-11H2,1-2H3. The predicted octanol–water partition coefficient (Wildman–Crippen LogP) is 1.99. The van der Waals surface area contributed by atoms with Crippen molar-refractivity contribution in [3.63, 3.8) is 0 Å². The van der Waals surface area contributed by atoms with Crippen molar-refractivity contribution in [2.45, 2.75) is 58.5 Å². The summed E-state index contributed by atoms with van der Waals surface area (Å²) in [6, 6.07) is 0.661. The van der Waals surface area contributed by atoms with Crippen LogP contribution in [0.25, 0.3) is 0 Å². The third-order valence-corrected chi connectivity index (χ3v) is 3.65. The first-order chi connectivity index (χ1) is 9.33. The molecule has 1 aromatic heterocycles. The molecular formula is C14H26N4O. The molecule has 0 saturated carbocycles. The Bertz CT molecular complexity index is 360. The van der Waals surface area contributed by atoms with E-state index in [4.69, 9.17) is 4.52 Å². The van der Waals surface area contributed by atoms with E-state index in [2.05, 4.69) is 34.2 Å². The topological polar surface area (TPSA) is 54.2 Å². The van der Waals surface area contributed by atoms with E-state index >= 15 is 0 Å². The van der Waals surface area contributed by atoms with Gasteiger partial charge in [0, 0.05) is 12.5 Å². The number of nitrogens with zero attached hydrogens (tertiary/aromatic N) is 3. The van der Waals surface area contributed by atoms with Gasteiger partial charge < -0.3 is 9.84 Å². The number of aryl methyl sites for hydroxylation is 1. The van der Waals surface area contributed by atoms with Crippen LogP contribution in [0.1, 0.15) is 51.2 Å². The molecule has 2 heterocycles. The van der Waals surface area contributed by atoms with Crippen molar-refractivity contribution < 1.29 is 4.52 Å². The molecular weight excluding hydrogens is 240 g/mol. The van der Waals surface area contributed by atoms with E-state index in [1.807, 2.05) is 0 Å². The molecule has 2 rings (SSSR count). The van der Waals surface area contributed by atoms with E-state index in [9.17, 15) is 0 Å². The van der Waals surface area contributed by atoms with Crippen LogP contribution in [0, 0.1) is 0 Å². The smallest absolute Gasteiger partial charge is 0.226 e. The summed E-state index contributed by atoms with van der Waals surface area (Å²) in [5.74, 6) is 1.62. The Morgan fingerprint density at radius 2 is 2.05 bits per heavy atom. The Kier molecular flexibility index (Phi) is 5.79. The van der Waals surface area contributed by atoms with Crippen molar-refractivity contribution in [1.29, 1.82) is 0 Å². The van der Waals surface area contributed by atoms with Gasteiger partial charge in [0.25, 0.3) is 0 Å².